The lowest BCUT2D eigenvalue weighted by atomic mass is 10.1. The van der Waals surface area contributed by atoms with Crippen LogP contribution in [0.25, 0.3) is 10.9 Å². The number of hydrogen-bond donors (Lipinski definition) is 2. The number of rotatable bonds is 4. The van der Waals surface area contributed by atoms with E-state index in [0.29, 0.717) is 18.6 Å². The van der Waals surface area contributed by atoms with Crippen molar-refractivity contribution in [3.63, 3.8) is 0 Å². The topological polar surface area (TPSA) is 94.5 Å². The zero-order valence-corrected chi connectivity index (χ0v) is 14.8. The molecular weight excluding hydrogens is 341 g/mol. The number of nitrogens with zero attached hydrogens (tertiary/aromatic N) is 3. The average molecular weight is 363 g/mol. The van der Waals surface area contributed by atoms with Gasteiger partial charge in [-0.15, -0.1) is 0 Å². The molecule has 9 heteroatoms. The van der Waals surface area contributed by atoms with Gasteiger partial charge in [0.1, 0.15) is 11.2 Å². The van der Waals surface area contributed by atoms with Crippen LogP contribution in [0.3, 0.4) is 0 Å². The Morgan fingerprint density at radius 3 is 2.58 bits per heavy atom. The molecule has 1 aromatic carbocycles. The van der Waals surface area contributed by atoms with Gasteiger partial charge in [-0.25, -0.2) is 9.18 Å². The molecule has 4 rings (SSSR count). The second kappa shape index (κ2) is 6.01. The van der Waals surface area contributed by atoms with Crippen molar-refractivity contribution < 1.29 is 9.13 Å². The highest BCUT2D eigenvalue weighted by molar-refractivity contribution is 5.91. The molecule has 1 aromatic heterocycles. The Labute approximate surface area is 148 Å². The van der Waals surface area contributed by atoms with Crippen LogP contribution in [0.4, 0.5) is 10.1 Å². The van der Waals surface area contributed by atoms with E-state index in [2.05, 4.69) is 5.43 Å². The summed E-state index contributed by atoms with van der Waals surface area (Å²) in [5.74, 6) is -0.331. The molecule has 1 aliphatic heterocycles. The van der Waals surface area contributed by atoms with Gasteiger partial charge >= 0.3 is 5.69 Å². The summed E-state index contributed by atoms with van der Waals surface area (Å²) in [6.07, 6.45) is 2.42. The van der Waals surface area contributed by atoms with Gasteiger partial charge < -0.3 is 20.8 Å². The Bertz CT molecular complexity index is 995. The predicted octanol–water partition coefficient (Wildman–Crippen LogP) is 0.356. The fraction of sp³-hybridized carbons (Fsp3) is 0.529. The number of nitrogens with two attached hydrogens (primary N) is 1. The first-order valence-electron chi connectivity index (χ1n) is 8.74. The number of ether oxygens (including phenoxy) is 1. The van der Waals surface area contributed by atoms with Crippen molar-refractivity contribution in [2.45, 2.75) is 31.3 Å². The lowest BCUT2D eigenvalue weighted by Crippen LogP contribution is -2.44. The van der Waals surface area contributed by atoms with Gasteiger partial charge in [-0.1, -0.05) is 0 Å². The third-order valence-electron chi connectivity index (χ3n) is 5.14. The van der Waals surface area contributed by atoms with E-state index < -0.39 is 17.1 Å². The standard InChI is InChI=1S/C17H22FN5O3/c1-20-23-16(24)11-7-12(18)14(21-6-5-9(19)8-21)15(26-2)13(11)22(17(23)25)10-3-4-10/h7,9-10,20H,3-6,8,19H2,1-2H3. The summed E-state index contributed by atoms with van der Waals surface area (Å²) in [6.45, 7) is 1.10. The summed E-state index contributed by atoms with van der Waals surface area (Å²) in [5, 5.41) is 0.118. The highest BCUT2D eigenvalue weighted by atomic mass is 19.1. The van der Waals surface area contributed by atoms with Crippen molar-refractivity contribution in [1.29, 1.82) is 0 Å². The summed E-state index contributed by atoms with van der Waals surface area (Å²) < 4.78 is 23.0. The fourth-order valence-corrected chi connectivity index (χ4v) is 3.77. The van der Waals surface area contributed by atoms with Crippen LogP contribution in [0.5, 0.6) is 5.75 Å². The maximum absolute atomic E-state index is 15.0. The number of anilines is 1. The van der Waals surface area contributed by atoms with E-state index in [4.69, 9.17) is 10.5 Å². The van der Waals surface area contributed by atoms with Gasteiger partial charge in [0.15, 0.2) is 11.6 Å². The number of aromatic nitrogens is 2. The molecule has 8 nitrogen and oxygen atoms in total. The van der Waals surface area contributed by atoms with Crippen LogP contribution in [0.2, 0.25) is 0 Å². The molecule has 2 heterocycles. The van der Waals surface area contributed by atoms with E-state index in [9.17, 15) is 14.0 Å². The second-order valence-corrected chi connectivity index (χ2v) is 6.88. The normalized spacial score (nSPS) is 20.0. The molecule has 2 fully saturated rings. The molecule has 0 amide bonds. The minimum atomic E-state index is -0.591. The van der Waals surface area contributed by atoms with E-state index in [0.717, 1.165) is 23.9 Å². The minimum Gasteiger partial charge on any atom is -0.492 e. The first kappa shape index (κ1) is 16.9. The third-order valence-corrected chi connectivity index (χ3v) is 5.14. The Hall–Kier alpha value is -2.55. The molecule has 2 aromatic rings. The van der Waals surface area contributed by atoms with Crippen molar-refractivity contribution in [3.05, 3.63) is 32.7 Å². The summed E-state index contributed by atoms with van der Waals surface area (Å²) in [5.41, 5.74) is 8.12. The highest BCUT2D eigenvalue weighted by Crippen LogP contribution is 2.42. The molecule has 140 valence electrons. The quantitative estimate of drug-likeness (QED) is 0.814. The molecule has 1 saturated carbocycles. The SMILES string of the molecule is CNn1c(=O)c2cc(F)c(N3CCC(N)C3)c(OC)c2n(C2CC2)c1=O. The third kappa shape index (κ3) is 2.38. The van der Waals surface area contributed by atoms with E-state index in [1.54, 1.807) is 4.57 Å². The van der Waals surface area contributed by atoms with Crippen LogP contribution in [0, 0.1) is 5.82 Å². The van der Waals surface area contributed by atoms with Crippen LogP contribution in [0.15, 0.2) is 15.7 Å². The predicted molar refractivity (Wildman–Crippen MR) is 97.3 cm³/mol. The Kier molecular flexibility index (Phi) is 3.91. The number of halogens is 1. The Morgan fingerprint density at radius 1 is 1.31 bits per heavy atom. The van der Waals surface area contributed by atoms with Gasteiger partial charge in [0.2, 0.25) is 0 Å². The molecule has 2 aliphatic rings. The maximum atomic E-state index is 15.0. The molecule has 3 N–H and O–H groups in total. The largest absolute Gasteiger partial charge is 0.492 e. The van der Waals surface area contributed by atoms with E-state index >= 15 is 0 Å². The molecule has 1 unspecified atom stereocenters. The van der Waals surface area contributed by atoms with Crippen molar-refractivity contribution in [3.8, 4) is 5.75 Å². The Morgan fingerprint density at radius 2 is 2.04 bits per heavy atom. The fourth-order valence-electron chi connectivity index (χ4n) is 3.77. The van der Waals surface area contributed by atoms with Gasteiger partial charge in [0, 0.05) is 32.2 Å². The van der Waals surface area contributed by atoms with Crippen molar-refractivity contribution >= 4 is 16.6 Å². The molecule has 1 atom stereocenters. The zero-order chi connectivity index (χ0) is 18.6. The molecule has 26 heavy (non-hydrogen) atoms. The monoisotopic (exact) mass is 363 g/mol. The molecule has 1 aliphatic carbocycles. The van der Waals surface area contributed by atoms with Crippen LogP contribution in [-0.4, -0.2) is 42.5 Å². The van der Waals surface area contributed by atoms with Gasteiger partial charge in [-0.2, -0.15) is 4.68 Å². The second-order valence-electron chi connectivity index (χ2n) is 6.88. The summed E-state index contributed by atoms with van der Waals surface area (Å²) in [6, 6.07) is 1.14. The van der Waals surface area contributed by atoms with Gasteiger partial charge in [0.05, 0.1) is 12.5 Å². The van der Waals surface area contributed by atoms with E-state index in [1.807, 2.05) is 4.90 Å². The summed E-state index contributed by atoms with van der Waals surface area (Å²) in [4.78, 5) is 27.4. The van der Waals surface area contributed by atoms with Crippen LogP contribution >= 0.6 is 0 Å². The number of benzene rings is 1. The maximum Gasteiger partial charge on any atom is 0.350 e. The molecule has 1 saturated heterocycles. The minimum absolute atomic E-state index is 0.0155. The number of methoxy groups -OCH3 is 1. The van der Waals surface area contributed by atoms with Crippen LogP contribution < -0.4 is 32.0 Å². The summed E-state index contributed by atoms with van der Waals surface area (Å²) >= 11 is 0. The van der Waals surface area contributed by atoms with Crippen molar-refractivity contribution in [2.75, 3.05) is 37.6 Å². The lowest BCUT2D eigenvalue weighted by Gasteiger charge is -2.24. The highest BCUT2D eigenvalue weighted by Gasteiger charge is 2.33. The van der Waals surface area contributed by atoms with Crippen LogP contribution in [-0.2, 0) is 0 Å². The average Bonchev–Trinajstić information content (AvgIpc) is 3.36. The molecular formula is C17H22FN5O3. The van der Waals surface area contributed by atoms with Gasteiger partial charge in [-0.05, 0) is 25.3 Å². The van der Waals surface area contributed by atoms with Gasteiger partial charge in [-0.3, -0.25) is 9.36 Å². The number of nitrogens with one attached hydrogen (secondary N) is 1. The lowest BCUT2D eigenvalue weighted by molar-refractivity contribution is 0.412. The number of fused-ring (bicyclic) bond motifs is 1. The molecule has 0 radical (unpaired) electrons. The summed E-state index contributed by atoms with van der Waals surface area (Å²) in [7, 11) is 2.92. The van der Waals surface area contributed by atoms with Crippen molar-refractivity contribution in [1.82, 2.24) is 9.24 Å². The molecule has 0 spiro atoms. The first-order valence-corrected chi connectivity index (χ1v) is 8.74. The first-order chi connectivity index (χ1) is 12.5. The smallest absolute Gasteiger partial charge is 0.350 e. The number of hydrogen-bond acceptors (Lipinski definition) is 6. The zero-order valence-electron chi connectivity index (χ0n) is 14.8. The van der Waals surface area contributed by atoms with E-state index in [-0.39, 0.29) is 28.9 Å². The van der Waals surface area contributed by atoms with Crippen LogP contribution in [0.1, 0.15) is 25.3 Å². The van der Waals surface area contributed by atoms with Crippen molar-refractivity contribution in [2.24, 2.45) is 5.73 Å². The Balaban J connectivity index is 2.11. The molecule has 0 bridgehead atoms. The van der Waals surface area contributed by atoms with E-state index in [1.165, 1.54) is 20.2 Å². The van der Waals surface area contributed by atoms with Gasteiger partial charge in [0.25, 0.3) is 5.56 Å².